The van der Waals surface area contributed by atoms with E-state index in [9.17, 15) is 8.78 Å². The van der Waals surface area contributed by atoms with Gasteiger partial charge in [0.15, 0.2) is 17.3 Å². The number of piperidine rings is 1. The second kappa shape index (κ2) is 14.2. The molecule has 0 bridgehead atoms. The van der Waals surface area contributed by atoms with E-state index >= 15 is 0 Å². The Hall–Kier alpha value is -3.70. The van der Waals surface area contributed by atoms with Crippen LogP contribution in [0.4, 0.5) is 26.1 Å². The van der Waals surface area contributed by atoms with Crippen molar-refractivity contribution < 1.29 is 23.0 Å². The number of benzene rings is 2. The number of methoxy groups -OCH3 is 1. The molecule has 232 valence electrons. The minimum Gasteiger partial charge on any atom is -0.494 e. The van der Waals surface area contributed by atoms with Crippen LogP contribution in [0.2, 0.25) is 0 Å². The van der Waals surface area contributed by atoms with Gasteiger partial charge in [0.05, 0.1) is 37.4 Å². The molecular formula is C32H42F2N6O3. The smallest absolute Gasteiger partial charge is 0.227 e. The standard InChI is InChI=1S/C32H42F2N6O3/c1-5-38-13-15-39(16-14-38)24-9-11-40(12-10-24)27-8-7-23(18-28(27)42-6-2)37-32-35-19-25(20-36-32)43-21-26-30(33)22(3)17-29(41-4)31(26)34/h7-8,17-20,24H,5-6,9-16,21H2,1-4H3,(H,35,36,37). The van der Waals surface area contributed by atoms with Gasteiger partial charge in [0, 0.05) is 57.1 Å². The van der Waals surface area contributed by atoms with Crippen LogP contribution in [0.25, 0.3) is 0 Å². The Balaban J connectivity index is 1.18. The zero-order chi connectivity index (χ0) is 30.3. The zero-order valence-corrected chi connectivity index (χ0v) is 25.5. The molecule has 0 amide bonds. The van der Waals surface area contributed by atoms with Gasteiger partial charge in [-0.1, -0.05) is 6.92 Å². The summed E-state index contributed by atoms with van der Waals surface area (Å²) in [7, 11) is 1.34. The predicted molar refractivity (Wildman–Crippen MR) is 164 cm³/mol. The fourth-order valence-electron chi connectivity index (χ4n) is 5.86. The summed E-state index contributed by atoms with van der Waals surface area (Å²) in [5.74, 6) is -0.0163. The normalized spacial score (nSPS) is 16.7. The topological polar surface area (TPSA) is 75.2 Å². The maximum absolute atomic E-state index is 14.6. The molecule has 2 aromatic carbocycles. The van der Waals surface area contributed by atoms with Crippen molar-refractivity contribution in [3.63, 3.8) is 0 Å². The zero-order valence-electron chi connectivity index (χ0n) is 25.5. The summed E-state index contributed by atoms with van der Waals surface area (Å²) in [6.07, 6.45) is 5.22. The number of likely N-dealkylation sites (N-methyl/N-ethyl adjacent to an activating group) is 1. The Morgan fingerprint density at radius 1 is 0.907 bits per heavy atom. The molecule has 0 atom stereocenters. The van der Waals surface area contributed by atoms with Crippen molar-refractivity contribution in [2.45, 2.75) is 46.3 Å². The van der Waals surface area contributed by atoms with E-state index < -0.39 is 11.6 Å². The highest BCUT2D eigenvalue weighted by atomic mass is 19.1. The van der Waals surface area contributed by atoms with Gasteiger partial charge in [-0.3, -0.25) is 4.90 Å². The summed E-state index contributed by atoms with van der Waals surface area (Å²) in [4.78, 5) is 16.3. The first-order chi connectivity index (χ1) is 20.9. The van der Waals surface area contributed by atoms with Crippen LogP contribution in [0, 0.1) is 18.6 Å². The number of rotatable bonds is 11. The third kappa shape index (κ3) is 7.27. The van der Waals surface area contributed by atoms with Gasteiger partial charge in [0.1, 0.15) is 18.2 Å². The second-order valence-electron chi connectivity index (χ2n) is 11.0. The highest BCUT2D eigenvalue weighted by molar-refractivity contribution is 5.67. The van der Waals surface area contributed by atoms with Crippen LogP contribution >= 0.6 is 0 Å². The lowest BCUT2D eigenvalue weighted by Gasteiger charge is -2.43. The molecule has 1 aromatic heterocycles. The van der Waals surface area contributed by atoms with Crippen molar-refractivity contribution in [2.24, 2.45) is 0 Å². The van der Waals surface area contributed by atoms with Crippen molar-refractivity contribution in [3.8, 4) is 17.2 Å². The molecule has 3 aromatic rings. The second-order valence-corrected chi connectivity index (χ2v) is 11.0. The van der Waals surface area contributed by atoms with Gasteiger partial charge in [-0.15, -0.1) is 0 Å². The minimum atomic E-state index is -0.784. The van der Waals surface area contributed by atoms with E-state index in [0.717, 1.165) is 62.7 Å². The molecule has 11 heteroatoms. The number of hydrogen-bond acceptors (Lipinski definition) is 9. The van der Waals surface area contributed by atoms with Gasteiger partial charge in [-0.2, -0.15) is 0 Å². The molecule has 2 aliphatic heterocycles. The molecule has 0 radical (unpaired) electrons. The summed E-state index contributed by atoms with van der Waals surface area (Å²) < 4.78 is 45.7. The average Bonchev–Trinajstić information content (AvgIpc) is 3.04. The van der Waals surface area contributed by atoms with Crippen LogP contribution in [0.15, 0.2) is 36.7 Å². The van der Waals surface area contributed by atoms with Crippen LogP contribution < -0.4 is 24.4 Å². The van der Waals surface area contributed by atoms with E-state index in [1.807, 2.05) is 19.1 Å². The maximum atomic E-state index is 14.6. The average molecular weight is 597 g/mol. The molecule has 2 saturated heterocycles. The number of nitrogens with one attached hydrogen (secondary N) is 1. The number of halogens is 2. The number of aromatic nitrogens is 2. The van der Waals surface area contributed by atoms with Gasteiger partial charge in [-0.25, -0.2) is 18.7 Å². The molecular weight excluding hydrogens is 554 g/mol. The third-order valence-corrected chi connectivity index (χ3v) is 8.36. The molecule has 0 spiro atoms. The molecule has 9 nitrogen and oxygen atoms in total. The van der Waals surface area contributed by atoms with Gasteiger partial charge in [0.25, 0.3) is 0 Å². The number of anilines is 3. The van der Waals surface area contributed by atoms with Crippen molar-refractivity contribution in [1.82, 2.24) is 19.8 Å². The summed E-state index contributed by atoms with van der Waals surface area (Å²) in [5, 5.41) is 3.21. The van der Waals surface area contributed by atoms with Gasteiger partial charge < -0.3 is 29.3 Å². The first-order valence-electron chi connectivity index (χ1n) is 15.1. The van der Waals surface area contributed by atoms with Crippen molar-refractivity contribution in [1.29, 1.82) is 0 Å². The molecule has 2 aliphatic rings. The molecule has 0 unspecified atom stereocenters. The van der Waals surface area contributed by atoms with E-state index in [1.54, 1.807) is 6.92 Å². The van der Waals surface area contributed by atoms with Crippen LogP contribution in [-0.2, 0) is 6.61 Å². The fourth-order valence-corrected chi connectivity index (χ4v) is 5.86. The van der Waals surface area contributed by atoms with E-state index in [-0.39, 0.29) is 29.2 Å². The molecule has 5 rings (SSSR count). The molecule has 2 fully saturated rings. The van der Waals surface area contributed by atoms with Crippen LogP contribution in [0.3, 0.4) is 0 Å². The lowest BCUT2D eigenvalue weighted by molar-refractivity contribution is 0.0878. The first-order valence-corrected chi connectivity index (χ1v) is 15.1. The first kappa shape index (κ1) is 30.7. The number of aryl methyl sites for hydroxylation is 1. The van der Waals surface area contributed by atoms with Crippen LogP contribution in [0.5, 0.6) is 17.2 Å². The van der Waals surface area contributed by atoms with Gasteiger partial charge in [0.2, 0.25) is 5.95 Å². The molecule has 1 N–H and O–H groups in total. The Labute approximate surface area is 252 Å². The van der Waals surface area contributed by atoms with E-state index in [0.29, 0.717) is 18.6 Å². The largest absolute Gasteiger partial charge is 0.494 e. The number of piperazine rings is 1. The van der Waals surface area contributed by atoms with E-state index in [1.165, 1.54) is 38.7 Å². The number of nitrogens with zero attached hydrogens (tertiary/aromatic N) is 5. The lowest BCUT2D eigenvalue weighted by atomic mass is 10.0. The van der Waals surface area contributed by atoms with Crippen LogP contribution in [-0.4, -0.2) is 85.3 Å². The SMILES string of the molecule is CCOc1cc(Nc2ncc(OCc3c(F)c(C)cc(OC)c3F)cn2)ccc1N1CCC(N2CCN(CC)CC2)CC1. The van der Waals surface area contributed by atoms with E-state index in [4.69, 9.17) is 14.2 Å². The van der Waals surface area contributed by atoms with Gasteiger partial charge >= 0.3 is 0 Å². The Morgan fingerprint density at radius 2 is 1.63 bits per heavy atom. The fraction of sp³-hybridized carbons (Fsp3) is 0.500. The third-order valence-electron chi connectivity index (χ3n) is 8.36. The van der Waals surface area contributed by atoms with Gasteiger partial charge in [-0.05, 0) is 57.0 Å². The van der Waals surface area contributed by atoms with E-state index in [2.05, 4.69) is 43.0 Å². The monoisotopic (exact) mass is 596 g/mol. The minimum absolute atomic E-state index is 0.0312. The predicted octanol–water partition coefficient (Wildman–Crippen LogP) is 5.40. The summed E-state index contributed by atoms with van der Waals surface area (Å²) in [5.41, 5.74) is 1.95. The lowest BCUT2D eigenvalue weighted by Crippen LogP contribution is -2.53. The summed E-state index contributed by atoms with van der Waals surface area (Å²) >= 11 is 0. The summed E-state index contributed by atoms with van der Waals surface area (Å²) in [6, 6.07) is 8.02. The highest BCUT2D eigenvalue weighted by Gasteiger charge is 2.28. The molecule has 3 heterocycles. The molecule has 43 heavy (non-hydrogen) atoms. The van der Waals surface area contributed by atoms with Crippen molar-refractivity contribution in [2.75, 3.05) is 69.7 Å². The Morgan fingerprint density at radius 3 is 2.28 bits per heavy atom. The maximum Gasteiger partial charge on any atom is 0.227 e. The quantitative estimate of drug-likeness (QED) is 0.313. The number of hydrogen-bond donors (Lipinski definition) is 1. The van der Waals surface area contributed by atoms with Crippen molar-refractivity contribution in [3.05, 3.63) is 59.4 Å². The van der Waals surface area contributed by atoms with Crippen molar-refractivity contribution >= 4 is 17.3 Å². The highest BCUT2D eigenvalue weighted by Crippen LogP contribution is 2.35. The summed E-state index contributed by atoms with van der Waals surface area (Å²) in [6.45, 7) is 13.8. The van der Waals surface area contributed by atoms with Crippen LogP contribution in [0.1, 0.15) is 37.8 Å². The number of ether oxygens (including phenoxy) is 3. The molecule has 0 saturated carbocycles. The Kier molecular flexibility index (Phi) is 10.1. The Bertz CT molecular complexity index is 1360. The molecule has 0 aliphatic carbocycles.